The molecule has 0 amide bonds. The van der Waals surface area contributed by atoms with E-state index in [2.05, 4.69) is 39.9 Å². The summed E-state index contributed by atoms with van der Waals surface area (Å²) in [5, 5.41) is 4.38. The number of likely N-dealkylation sites (tertiary alicyclic amines) is 1. The third-order valence-electron chi connectivity index (χ3n) is 5.53. The number of halogens is 1. The van der Waals surface area contributed by atoms with E-state index >= 15 is 0 Å². The van der Waals surface area contributed by atoms with Crippen LogP contribution in [0.15, 0.2) is 36.7 Å². The molecule has 0 radical (unpaired) electrons. The lowest BCUT2D eigenvalue weighted by Gasteiger charge is -2.40. The minimum Gasteiger partial charge on any atom is -0.295 e. The van der Waals surface area contributed by atoms with E-state index in [0.717, 1.165) is 42.9 Å². The summed E-state index contributed by atoms with van der Waals surface area (Å²) in [6.07, 6.45) is 3.74. The normalized spacial score (nSPS) is 19.7. The molecule has 27 heavy (non-hydrogen) atoms. The van der Waals surface area contributed by atoms with Crippen LogP contribution in [-0.4, -0.2) is 37.6 Å². The molecule has 0 bridgehead atoms. The van der Waals surface area contributed by atoms with Crippen LogP contribution in [0.1, 0.15) is 55.6 Å². The minimum atomic E-state index is -0.114. The van der Waals surface area contributed by atoms with E-state index in [1.54, 1.807) is 18.5 Å². The first kappa shape index (κ1) is 18.0. The van der Waals surface area contributed by atoms with Crippen LogP contribution in [0.2, 0.25) is 0 Å². The lowest BCUT2D eigenvalue weighted by molar-refractivity contribution is 0.112. The highest BCUT2D eigenvalue weighted by atomic mass is 19.1. The van der Waals surface area contributed by atoms with Gasteiger partial charge in [0.15, 0.2) is 0 Å². The Morgan fingerprint density at radius 1 is 1.22 bits per heavy atom. The van der Waals surface area contributed by atoms with E-state index in [-0.39, 0.29) is 11.9 Å². The highest BCUT2D eigenvalue weighted by Gasteiger charge is 2.32. The van der Waals surface area contributed by atoms with Crippen LogP contribution < -0.4 is 0 Å². The molecule has 1 aliphatic rings. The third-order valence-corrected chi connectivity index (χ3v) is 5.53. The quantitative estimate of drug-likeness (QED) is 0.695. The number of hydrogen-bond donors (Lipinski definition) is 0. The van der Waals surface area contributed by atoms with E-state index in [9.17, 15) is 4.39 Å². The second-order valence-corrected chi connectivity index (χ2v) is 7.84. The number of aryl methyl sites for hydroxylation is 1. The lowest BCUT2D eigenvalue weighted by Crippen LogP contribution is -2.40. The van der Waals surface area contributed by atoms with Gasteiger partial charge in [0.05, 0.1) is 5.69 Å². The van der Waals surface area contributed by atoms with Gasteiger partial charge in [-0.2, -0.15) is 10.1 Å². The number of nitrogens with zero attached hydrogens (tertiary/aromatic N) is 5. The summed E-state index contributed by atoms with van der Waals surface area (Å²) in [7, 11) is 0. The van der Waals surface area contributed by atoms with Gasteiger partial charge >= 0.3 is 0 Å². The topological polar surface area (TPSA) is 46.3 Å². The average Bonchev–Trinajstić information content (AvgIpc) is 3.11. The minimum absolute atomic E-state index is 0.0724. The molecule has 2 atom stereocenters. The van der Waals surface area contributed by atoms with Crippen molar-refractivity contribution < 1.29 is 4.39 Å². The molecule has 4 rings (SSSR count). The van der Waals surface area contributed by atoms with E-state index in [1.807, 2.05) is 23.6 Å². The number of aromatic nitrogens is 4. The van der Waals surface area contributed by atoms with Gasteiger partial charge in [-0.15, -0.1) is 0 Å². The van der Waals surface area contributed by atoms with Crippen molar-refractivity contribution in [2.24, 2.45) is 5.92 Å². The van der Waals surface area contributed by atoms with Crippen molar-refractivity contribution in [2.75, 3.05) is 13.1 Å². The maximum atomic E-state index is 14.5. The summed E-state index contributed by atoms with van der Waals surface area (Å²) in [6.45, 7) is 8.21. The highest BCUT2D eigenvalue weighted by molar-refractivity contribution is 5.32. The third kappa shape index (κ3) is 3.46. The van der Waals surface area contributed by atoms with Gasteiger partial charge in [0.2, 0.25) is 0 Å². The summed E-state index contributed by atoms with van der Waals surface area (Å²) in [4.78, 5) is 11.2. The second kappa shape index (κ2) is 7.35. The Balaban J connectivity index is 1.67. The van der Waals surface area contributed by atoms with Crippen LogP contribution in [0, 0.1) is 18.7 Å². The number of benzene rings is 1. The van der Waals surface area contributed by atoms with Crippen LogP contribution in [0.3, 0.4) is 0 Å². The monoisotopic (exact) mass is 367 g/mol. The molecule has 0 spiro atoms. The van der Waals surface area contributed by atoms with Gasteiger partial charge in [0.1, 0.15) is 12.1 Å². The molecule has 0 N–H and O–H groups in total. The Morgan fingerprint density at radius 2 is 2.04 bits per heavy atom. The second-order valence-electron chi connectivity index (χ2n) is 7.84. The number of piperidine rings is 1. The summed E-state index contributed by atoms with van der Waals surface area (Å²) in [5.74, 6) is 1.19. The summed E-state index contributed by atoms with van der Waals surface area (Å²) >= 11 is 0. The van der Waals surface area contributed by atoms with Crippen molar-refractivity contribution in [2.45, 2.75) is 45.6 Å². The Morgan fingerprint density at radius 3 is 2.81 bits per heavy atom. The van der Waals surface area contributed by atoms with Crippen molar-refractivity contribution >= 4 is 5.78 Å². The maximum Gasteiger partial charge on any atom is 0.252 e. The zero-order valence-electron chi connectivity index (χ0n) is 16.1. The molecule has 3 aromatic rings. The Bertz CT molecular complexity index is 935. The van der Waals surface area contributed by atoms with Gasteiger partial charge in [-0.25, -0.2) is 13.9 Å². The van der Waals surface area contributed by atoms with Crippen molar-refractivity contribution in [3.63, 3.8) is 0 Å². The van der Waals surface area contributed by atoms with E-state index < -0.39 is 0 Å². The zero-order chi connectivity index (χ0) is 19.0. The SMILES string of the molecule is Cc1cc(C2CCCN(C(c3ccccc3F)C(C)C)C2)n2ncnc2n1. The largest absolute Gasteiger partial charge is 0.295 e. The van der Waals surface area contributed by atoms with Crippen LogP contribution in [0.25, 0.3) is 5.78 Å². The Hall–Kier alpha value is -2.34. The van der Waals surface area contributed by atoms with Gasteiger partial charge in [0.25, 0.3) is 5.78 Å². The van der Waals surface area contributed by atoms with E-state index in [4.69, 9.17) is 0 Å². The van der Waals surface area contributed by atoms with Gasteiger partial charge in [-0.05, 0) is 44.4 Å². The Labute approximate surface area is 159 Å². The molecule has 3 heterocycles. The Kier molecular flexibility index (Phi) is 4.91. The zero-order valence-corrected chi connectivity index (χ0v) is 16.1. The van der Waals surface area contributed by atoms with E-state index in [1.165, 1.54) is 0 Å². The first-order chi connectivity index (χ1) is 13.0. The fraction of sp³-hybridized carbons (Fsp3) is 0.476. The fourth-order valence-corrected chi connectivity index (χ4v) is 4.44. The molecule has 142 valence electrons. The molecule has 2 unspecified atom stereocenters. The van der Waals surface area contributed by atoms with Gasteiger partial charge in [-0.3, -0.25) is 4.90 Å². The first-order valence-corrected chi connectivity index (χ1v) is 9.70. The predicted octanol–water partition coefficient (Wildman–Crippen LogP) is 4.15. The average molecular weight is 367 g/mol. The molecule has 2 aromatic heterocycles. The molecular weight excluding hydrogens is 341 g/mol. The summed E-state index contributed by atoms with van der Waals surface area (Å²) in [5.41, 5.74) is 2.90. The summed E-state index contributed by atoms with van der Waals surface area (Å²) in [6, 6.07) is 9.37. The maximum absolute atomic E-state index is 14.5. The molecule has 1 aromatic carbocycles. The number of rotatable bonds is 4. The predicted molar refractivity (Wildman–Crippen MR) is 103 cm³/mol. The molecule has 5 nitrogen and oxygen atoms in total. The summed E-state index contributed by atoms with van der Waals surface area (Å²) < 4.78 is 16.4. The van der Waals surface area contributed by atoms with Gasteiger partial charge < -0.3 is 0 Å². The smallest absolute Gasteiger partial charge is 0.252 e. The molecule has 1 saturated heterocycles. The van der Waals surface area contributed by atoms with Crippen LogP contribution >= 0.6 is 0 Å². The molecule has 1 aliphatic heterocycles. The lowest BCUT2D eigenvalue weighted by atomic mass is 9.88. The van der Waals surface area contributed by atoms with Crippen LogP contribution in [-0.2, 0) is 0 Å². The van der Waals surface area contributed by atoms with Crippen molar-refractivity contribution in [1.82, 2.24) is 24.5 Å². The van der Waals surface area contributed by atoms with Gasteiger partial charge in [0, 0.05) is 29.8 Å². The molecule has 1 fully saturated rings. The molecule has 6 heteroatoms. The van der Waals surface area contributed by atoms with E-state index in [0.29, 0.717) is 17.6 Å². The molecule has 0 aliphatic carbocycles. The fourth-order valence-electron chi connectivity index (χ4n) is 4.44. The highest BCUT2D eigenvalue weighted by Crippen LogP contribution is 2.36. The van der Waals surface area contributed by atoms with Crippen molar-refractivity contribution in [3.05, 3.63) is 59.4 Å². The van der Waals surface area contributed by atoms with Crippen LogP contribution in [0.4, 0.5) is 4.39 Å². The van der Waals surface area contributed by atoms with Crippen molar-refractivity contribution in [1.29, 1.82) is 0 Å². The van der Waals surface area contributed by atoms with Crippen molar-refractivity contribution in [3.8, 4) is 0 Å². The van der Waals surface area contributed by atoms with Crippen LogP contribution in [0.5, 0.6) is 0 Å². The molecule has 0 saturated carbocycles. The van der Waals surface area contributed by atoms with Gasteiger partial charge in [-0.1, -0.05) is 32.0 Å². The number of hydrogen-bond acceptors (Lipinski definition) is 4. The number of fused-ring (bicyclic) bond motifs is 1. The standard InChI is InChI=1S/C21H26FN5/c1-14(2)20(17-8-4-5-9-18(17)22)26-10-6-7-16(12-26)19-11-15(3)25-21-23-13-24-27(19)21/h4-5,8-9,11,13-14,16,20H,6-7,10,12H2,1-3H3. The molecular formula is C21H26FN5. The first-order valence-electron chi connectivity index (χ1n) is 9.70.